The highest BCUT2D eigenvalue weighted by molar-refractivity contribution is 5.85. The van der Waals surface area contributed by atoms with Gasteiger partial charge in [-0.3, -0.25) is 9.69 Å². The zero-order valence-electron chi connectivity index (χ0n) is 11.2. The lowest BCUT2D eigenvalue weighted by molar-refractivity contribution is -0.144. The molecule has 0 aromatic heterocycles. The molecule has 2 aliphatic heterocycles. The molecule has 2 heterocycles. The van der Waals surface area contributed by atoms with Crippen LogP contribution in [0.1, 0.15) is 20.3 Å². The summed E-state index contributed by atoms with van der Waals surface area (Å²) in [6.07, 6.45) is 1.29. The average molecular weight is 278 g/mol. The minimum Gasteiger partial charge on any atom is -0.372 e. The maximum atomic E-state index is 12.1. The summed E-state index contributed by atoms with van der Waals surface area (Å²) >= 11 is 0. The molecule has 3 unspecified atom stereocenters. The van der Waals surface area contributed by atoms with Gasteiger partial charge in [-0.1, -0.05) is 0 Å². The quantitative estimate of drug-likeness (QED) is 0.777. The maximum Gasteiger partial charge on any atom is 0.236 e. The number of hydrogen-bond acceptors (Lipinski definition) is 4. The van der Waals surface area contributed by atoms with Crippen molar-refractivity contribution < 1.29 is 9.53 Å². The van der Waals surface area contributed by atoms with Gasteiger partial charge < -0.3 is 15.4 Å². The van der Waals surface area contributed by atoms with Crippen LogP contribution in [0.25, 0.3) is 0 Å². The van der Waals surface area contributed by atoms with Crippen molar-refractivity contribution in [2.24, 2.45) is 5.73 Å². The van der Waals surface area contributed by atoms with Crippen LogP contribution in [0.3, 0.4) is 0 Å². The summed E-state index contributed by atoms with van der Waals surface area (Å²) < 4.78 is 5.63. The molecular formula is C12H24ClN3O2. The molecule has 1 amide bonds. The SMILES string of the molecule is CC1CN(C(=O)CN2CCC(N)C2)CC(C)O1.Cl. The van der Waals surface area contributed by atoms with E-state index in [4.69, 9.17) is 10.5 Å². The van der Waals surface area contributed by atoms with Crippen LogP contribution in [-0.2, 0) is 9.53 Å². The molecule has 2 N–H and O–H groups in total. The summed E-state index contributed by atoms with van der Waals surface area (Å²) in [5.74, 6) is 0.209. The van der Waals surface area contributed by atoms with E-state index >= 15 is 0 Å². The first-order valence-electron chi connectivity index (χ1n) is 6.45. The molecule has 0 aromatic rings. The molecule has 0 radical (unpaired) electrons. The second-order valence-electron chi connectivity index (χ2n) is 5.34. The molecule has 6 heteroatoms. The van der Waals surface area contributed by atoms with Gasteiger partial charge in [0.05, 0.1) is 18.8 Å². The van der Waals surface area contributed by atoms with Crippen LogP contribution >= 0.6 is 12.4 Å². The molecule has 106 valence electrons. The first-order chi connectivity index (χ1) is 8.04. The normalized spacial score (nSPS) is 33.3. The van der Waals surface area contributed by atoms with Crippen molar-refractivity contribution in [3.63, 3.8) is 0 Å². The molecule has 2 saturated heterocycles. The summed E-state index contributed by atoms with van der Waals surface area (Å²) in [5.41, 5.74) is 5.84. The number of nitrogens with two attached hydrogens (primary N) is 1. The number of ether oxygens (including phenoxy) is 1. The monoisotopic (exact) mass is 277 g/mol. The van der Waals surface area contributed by atoms with E-state index in [2.05, 4.69) is 4.90 Å². The fourth-order valence-electron chi connectivity index (χ4n) is 2.68. The van der Waals surface area contributed by atoms with Crippen molar-refractivity contribution in [2.45, 2.75) is 38.5 Å². The fourth-order valence-corrected chi connectivity index (χ4v) is 2.68. The molecule has 18 heavy (non-hydrogen) atoms. The first-order valence-corrected chi connectivity index (χ1v) is 6.45. The molecule has 0 aromatic carbocycles. The van der Waals surface area contributed by atoms with E-state index < -0.39 is 0 Å². The third-order valence-electron chi connectivity index (χ3n) is 3.44. The number of rotatable bonds is 2. The number of carbonyl (C=O) groups is 1. The smallest absolute Gasteiger partial charge is 0.236 e. The zero-order chi connectivity index (χ0) is 12.4. The summed E-state index contributed by atoms with van der Waals surface area (Å²) in [5, 5.41) is 0. The lowest BCUT2D eigenvalue weighted by Gasteiger charge is -2.36. The van der Waals surface area contributed by atoms with Gasteiger partial charge in [-0.25, -0.2) is 0 Å². The van der Waals surface area contributed by atoms with Crippen molar-refractivity contribution in [2.75, 3.05) is 32.7 Å². The standard InChI is InChI=1S/C12H23N3O2.ClH/c1-9-5-15(6-10(2)17-9)12(16)8-14-4-3-11(13)7-14;/h9-11H,3-8,13H2,1-2H3;1H. The van der Waals surface area contributed by atoms with E-state index in [1.165, 1.54) is 0 Å². The van der Waals surface area contributed by atoms with Gasteiger partial charge in [0.2, 0.25) is 5.91 Å². The number of morpholine rings is 1. The van der Waals surface area contributed by atoms with Crippen LogP contribution in [0, 0.1) is 0 Å². The molecule has 0 spiro atoms. The Bertz CT molecular complexity index is 280. The van der Waals surface area contributed by atoms with Gasteiger partial charge >= 0.3 is 0 Å². The molecular weight excluding hydrogens is 254 g/mol. The number of amides is 1. The lowest BCUT2D eigenvalue weighted by Crippen LogP contribution is -2.51. The Kier molecular flexibility index (Phi) is 5.85. The van der Waals surface area contributed by atoms with Gasteiger partial charge in [-0.15, -0.1) is 12.4 Å². The average Bonchev–Trinajstić information content (AvgIpc) is 2.62. The molecule has 3 atom stereocenters. The number of hydrogen-bond donors (Lipinski definition) is 1. The van der Waals surface area contributed by atoms with E-state index in [0.717, 1.165) is 19.5 Å². The Balaban J connectivity index is 0.00000162. The summed E-state index contributed by atoms with van der Waals surface area (Å²) in [7, 11) is 0. The van der Waals surface area contributed by atoms with Gasteiger partial charge in [0.25, 0.3) is 0 Å². The predicted octanol–water partition coefficient (Wildman–Crippen LogP) is 0.0770. The zero-order valence-corrected chi connectivity index (χ0v) is 12.0. The second-order valence-corrected chi connectivity index (χ2v) is 5.34. The highest BCUT2D eigenvalue weighted by Gasteiger charge is 2.28. The number of halogens is 1. The van der Waals surface area contributed by atoms with Crippen molar-refractivity contribution in [1.82, 2.24) is 9.80 Å². The highest BCUT2D eigenvalue weighted by Crippen LogP contribution is 2.12. The maximum absolute atomic E-state index is 12.1. The first kappa shape index (κ1) is 15.7. The summed E-state index contributed by atoms with van der Waals surface area (Å²) in [6, 6.07) is 0.241. The molecule has 2 rings (SSSR count). The van der Waals surface area contributed by atoms with Gasteiger partial charge in [0.15, 0.2) is 0 Å². The predicted molar refractivity (Wildman–Crippen MR) is 72.9 cm³/mol. The van der Waals surface area contributed by atoms with E-state index in [1.54, 1.807) is 0 Å². The highest BCUT2D eigenvalue weighted by atomic mass is 35.5. The molecule has 2 fully saturated rings. The van der Waals surface area contributed by atoms with Crippen LogP contribution < -0.4 is 5.73 Å². The second kappa shape index (κ2) is 6.70. The van der Waals surface area contributed by atoms with Gasteiger partial charge in [0, 0.05) is 32.2 Å². The Labute approximate surface area is 115 Å². The van der Waals surface area contributed by atoms with E-state index in [9.17, 15) is 4.79 Å². The van der Waals surface area contributed by atoms with E-state index in [-0.39, 0.29) is 36.6 Å². The van der Waals surface area contributed by atoms with Crippen molar-refractivity contribution in [1.29, 1.82) is 0 Å². The largest absolute Gasteiger partial charge is 0.372 e. The van der Waals surface area contributed by atoms with Crippen LogP contribution in [-0.4, -0.2) is 66.7 Å². The number of likely N-dealkylation sites (tertiary alicyclic amines) is 1. The van der Waals surface area contributed by atoms with Crippen molar-refractivity contribution >= 4 is 18.3 Å². The Hall–Kier alpha value is -0.360. The van der Waals surface area contributed by atoms with Crippen molar-refractivity contribution in [3.8, 4) is 0 Å². The Morgan fingerprint density at radius 2 is 1.89 bits per heavy atom. The van der Waals surface area contributed by atoms with Crippen LogP contribution in [0.5, 0.6) is 0 Å². The molecule has 0 bridgehead atoms. The number of nitrogens with zero attached hydrogens (tertiary/aromatic N) is 2. The van der Waals surface area contributed by atoms with Crippen LogP contribution in [0.4, 0.5) is 0 Å². The Morgan fingerprint density at radius 3 is 2.39 bits per heavy atom. The lowest BCUT2D eigenvalue weighted by atomic mass is 10.2. The van der Waals surface area contributed by atoms with Gasteiger partial charge in [-0.05, 0) is 20.3 Å². The van der Waals surface area contributed by atoms with Crippen LogP contribution in [0.15, 0.2) is 0 Å². The molecule has 2 aliphatic rings. The summed E-state index contributed by atoms with van der Waals surface area (Å²) in [4.78, 5) is 16.2. The topological polar surface area (TPSA) is 58.8 Å². The third-order valence-corrected chi connectivity index (χ3v) is 3.44. The van der Waals surface area contributed by atoms with E-state index in [1.807, 2.05) is 18.7 Å². The minimum atomic E-state index is 0. The number of carbonyl (C=O) groups excluding carboxylic acids is 1. The van der Waals surface area contributed by atoms with Crippen molar-refractivity contribution in [3.05, 3.63) is 0 Å². The molecule has 5 nitrogen and oxygen atoms in total. The van der Waals surface area contributed by atoms with Crippen LogP contribution in [0.2, 0.25) is 0 Å². The molecule has 0 saturated carbocycles. The van der Waals surface area contributed by atoms with Gasteiger partial charge in [-0.2, -0.15) is 0 Å². The van der Waals surface area contributed by atoms with Gasteiger partial charge in [0.1, 0.15) is 0 Å². The minimum absolute atomic E-state index is 0. The Morgan fingerprint density at radius 1 is 1.28 bits per heavy atom. The fraction of sp³-hybridized carbons (Fsp3) is 0.917. The third kappa shape index (κ3) is 4.09. The summed E-state index contributed by atoms with van der Waals surface area (Å²) in [6.45, 7) is 7.76. The molecule has 0 aliphatic carbocycles. The van der Waals surface area contributed by atoms with E-state index in [0.29, 0.717) is 19.6 Å².